The molecule has 0 radical (unpaired) electrons. The Hall–Kier alpha value is -2.11. The normalized spacial score (nSPS) is 10.4. The Kier molecular flexibility index (Phi) is 5.14. The summed E-state index contributed by atoms with van der Waals surface area (Å²) < 4.78 is 5.60. The molecular weight excluding hydrogens is 292 g/mol. The Morgan fingerprint density at radius 2 is 1.90 bits per heavy atom. The standard InChI is InChI=1S/C15H15ClN2O3/c1-17-14-8-12(5-6-15(14)18(19)20)10-21-9-11-3-2-4-13(16)7-11/h2-8,17H,9-10H2,1H3. The van der Waals surface area contributed by atoms with Crippen LogP contribution < -0.4 is 5.32 Å². The van der Waals surface area contributed by atoms with Gasteiger partial charge in [-0.25, -0.2) is 0 Å². The minimum Gasteiger partial charge on any atom is -0.383 e. The summed E-state index contributed by atoms with van der Waals surface area (Å²) in [6, 6.07) is 12.3. The molecule has 0 saturated carbocycles. The third kappa shape index (κ3) is 4.18. The summed E-state index contributed by atoms with van der Waals surface area (Å²) >= 11 is 5.90. The summed E-state index contributed by atoms with van der Waals surface area (Å²) in [6.07, 6.45) is 0. The fraction of sp³-hybridized carbons (Fsp3) is 0.200. The number of ether oxygens (including phenoxy) is 1. The number of hydrogen-bond donors (Lipinski definition) is 1. The van der Waals surface area contributed by atoms with Crippen molar-refractivity contribution in [3.8, 4) is 0 Å². The number of nitro groups is 1. The fourth-order valence-corrected chi connectivity index (χ4v) is 2.16. The van der Waals surface area contributed by atoms with Gasteiger partial charge in [-0.3, -0.25) is 10.1 Å². The second kappa shape index (κ2) is 7.06. The lowest BCUT2D eigenvalue weighted by atomic mass is 10.2. The molecule has 110 valence electrons. The van der Waals surface area contributed by atoms with Gasteiger partial charge >= 0.3 is 0 Å². The van der Waals surface area contributed by atoms with E-state index in [4.69, 9.17) is 16.3 Å². The van der Waals surface area contributed by atoms with Crippen LogP contribution in [0.25, 0.3) is 0 Å². The number of hydrogen-bond acceptors (Lipinski definition) is 4. The van der Waals surface area contributed by atoms with Crippen LogP contribution in [0.5, 0.6) is 0 Å². The topological polar surface area (TPSA) is 64.4 Å². The lowest BCUT2D eigenvalue weighted by molar-refractivity contribution is -0.384. The van der Waals surface area contributed by atoms with Gasteiger partial charge in [0, 0.05) is 18.1 Å². The second-order valence-corrected chi connectivity index (χ2v) is 4.92. The largest absolute Gasteiger partial charge is 0.383 e. The summed E-state index contributed by atoms with van der Waals surface area (Å²) in [7, 11) is 1.65. The molecule has 0 heterocycles. The van der Waals surface area contributed by atoms with E-state index in [0.29, 0.717) is 23.9 Å². The molecule has 0 aliphatic heterocycles. The van der Waals surface area contributed by atoms with Crippen molar-refractivity contribution >= 4 is 23.0 Å². The molecule has 0 atom stereocenters. The van der Waals surface area contributed by atoms with E-state index in [-0.39, 0.29) is 5.69 Å². The Balaban J connectivity index is 1.99. The molecule has 0 aliphatic rings. The van der Waals surface area contributed by atoms with Gasteiger partial charge in [0.2, 0.25) is 0 Å². The summed E-state index contributed by atoms with van der Waals surface area (Å²) in [5, 5.41) is 14.3. The first-order valence-corrected chi connectivity index (χ1v) is 6.75. The van der Waals surface area contributed by atoms with Crippen molar-refractivity contribution in [2.75, 3.05) is 12.4 Å². The average molecular weight is 307 g/mol. The third-order valence-electron chi connectivity index (χ3n) is 2.95. The fourth-order valence-electron chi connectivity index (χ4n) is 1.95. The molecule has 5 nitrogen and oxygen atoms in total. The molecule has 0 fully saturated rings. The maximum atomic E-state index is 10.8. The lowest BCUT2D eigenvalue weighted by Crippen LogP contribution is -1.99. The number of halogens is 1. The Morgan fingerprint density at radius 1 is 1.19 bits per heavy atom. The van der Waals surface area contributed by atoms with Crippen molar-refractivity contribution in [3.63, 3.8) is 0 Å². The molecule has 0 unspecified atom stereocenters. The second-order valence-electron chi connectivity index (χ2n) is 4.48. The Bertz CT molecular complexity index is 647. The zero-order valence-corrected chi connectivity index (χ0v) is 12.3. The van der Waals surface area contributed by atoms with Gasteiger partial charge in [0.25, 0.3) is 5.69 Å². The highest BCUT2D eigenvalue weighted by Gasteiger charge is 2.12. The van der Waals surface area contributed by atoms with Crippen LogP contribution in [0.3, 0.4) is 0 Å². The highest BCUT2D eigenvalue weighted by atomic mass is 35.5. The zero-order valence-electron chi connectivity index (χ0n) is 11.5. The minimum atomic E-state index is -0.414. The van der Waals surface area contributed by atoms with Gasteiger partial charge in [0.15, 0.2) is 0 Å². The van der Waals surface area contributed by atoms with Gasteiger partial charge < -0.3 is 10.1 Å². The molecule has 0 saturated heterocycles. The molecule has 0 aromatic heterocycles. The predicted molar refractivity (Wildman–Crippen MR) is 82.6 cm³/mol. The van der Waals surface area contributed by atoms with E-state index < -0.39 is 4.92 Å². The van der Waals surface area contributed by atoms with Crippen LogP contribution in [0, 0.1) is 10.1 Å². The molecule has 6 heteroatoms. The molecule has 2 aromatic carbocycles. The Morgan fingerprint density at radius 3 is 2.52 bits per heavy atom. The van der Waals surface area contributed by atoms with Gasteiger partial charge in [0.05, 0.1) is 18.1 Å². The van der Waals surface area contributed by atoms with Crippen molar-refractivity contribution in [2.24, 2.45) is 0 Å². The first-order valence-electron chi connectivity index (χ1n) is 6.37. The first-order chi connectivity index (χ1) is 10.1. The van der Waals surface area contributed by atoms with Crippen molar-refractivity contribution in [1.29, 1.82) is 0 Å². The van der Waals surface area contributed by atoms with Crippen LogP contribution >= 0.6 is 11.6 Å². The van der Waals surface area contributed by atoms with Crippen LogP contribution in [0.1, 0.15) is 11.1 Å². The van der Waals surface area contributed by atoms with Crippen LogP contribution in [0.4, 0.5) is 11.4 Å². The van der Waals surface area contributed by atoms with Gasteiger partial charge in [-0.1, -0.05) is 23.7 Å². The number of rotatable bonds is 6. The quantitative estimate of drug-likeness (QED) is 0.647. The van der Waals surface area contributed by atoms with Gasteiger partial charge in [-0.2, -0.15) is 0 Å². The summed E-state index contributed by atoms with van der Waals surface area (Å²) in [5.74, 6) is 0. The van der Waals surface area contributed by atoms with E-state index in [1.165, 1.54) is 6.07 Å². The van der Waals surface area contributed by atoms with Gasteiger partial charge in [-0.15, -0.1) is 0 Å². The molecular formula is C15H15ClN2O3. The first kappa shape index (κ1) is 15.3. The summed E-state index contributed by atoms with van der Waals surface area (Å²) in [5.41, 5.74) is 2.38. The maximum absolute atomic E-state index is 10.8. The third-order valence-corrected chi connectivity index (χ3v) is 3.19. The van der Waals surface area contributed by atoms with Crippen molar-refractivity contribution in [1.82, 2.24) is 0 Å². The number of nitrogens with one attached hydrogen (secondary N) is 1. The molecule has 2 aromatic rings. The van der Waals surface area contributed by atoms with Crippen molar-refractivity contribution in [2.45, 2.75) is 13.2 Å². The Labute approximate surface area is 127 Å². The monoisotopic (exact) mass is 306 g/mol. The molecule has 0 aliphatic carbocycles. The highest BCUT2D eigenvalue weighted by molar-refractivity contribution is 6.30. The molecule has 0 bridgehead atoms. The SMILES string of the molecule is CNc1cc(COCc2cccc(Cl)c2)ccc1[N+](=O)[O-]. The maximum Gasteiger partial charge on any atom is 0.292 e. The van der Waals surface area contributed by atoms with Gasteiger partial charge in [-0.05, 0) is 35.4 Å². The van der Waals surface area contributed by atoms with Crippen LogP contribution in [0.2, 0.25) is 5.02 Å². The lowest BCUT2D eigenvalue weighted by Gasteiger charge is -2.07. The van der Waals surface area contributed by atoms with Crippen LogP contribution in [0.15, 0.2) is 42.5 Å². The minimum absolute atomic E-state index is 0.0519. The average Bonchev–Trinajstić information content (AvgIpc) is 2.47. The molecule has 21 heavy (non-hydrogen) atoms. The van der Waals surface area contributed by atoms with E-state index in [9.17, 15) is 10.1 Å². The van der Waals surface area contributed by atoms with Crippen molar-refractivity contribution in [3.05, 3.63) is 68.7 Å². The number of nitro benzene ring substituents is 1. The highest BCUT2D eigenvalue weighted by Crippen LogP contribution is 2.25. The summed E-state index contributed by atoms with van der Waals surface area (Å²) in [6.45, 7) is 0.811. The van der Waals surface area contributed by atoms with E-state index in [1.807, 2.05) is 18.2 Å². The van der Waals surface area contributed by atoms with E-state index in [2.05, 4.69) is 5.32 Å². The zero-order chi connectivity index (χ0) is 15.2. The smallest absolute Gasteiger partial charge is 0.292 e. The number of benzene rings is 2. The number of anilines is 1. The van der Waals surface area contributed by atoms with Crippen LogP contribution in [-0.2, 0) is 18.0 Å². The van der Waals surface area contributed by atoms with Crippen molar-refractivity contribution < 1.29 is 9.66 Å². The number of nitrogens with zero attached hydrogens (tertiary/aromatic N) is 1. The van der Waals surface area contributed by atoms with E-state index in [0.717, 1.165) is 11.1 Å². The molecule has 0 spiro atoms. The summed E-state index contributed by atoms with van der Waals surface area (Å²) in [4.78, 5) is 10.4. The van der Waals surface area contributed by atoms with E-state index in [1.54, 1.807) is 25.2 Å². The molecule has 1 N–H and O–H groups in total. The molecule has 0 amide bonds. The van der Waals surface area contributed by atoms with Crippen LogP contribution in [-0.4, -0.2) is 12.0 Å². The predicted octanol–water partition coefficient (Wildman–Crippen LogP) is 4.01. The molecule has 2 rings (SSSR count). The van der Waals surface area contributed by atoms with Gasteiger partial charge in [0.1, 0.15) is 5.69 Å². The van der Waals surface area contributed by atoms with E-state index >= 15 is 0 Å².